The Hall–Kier alpha value is -2.09. The molecule has 0 amide bonds. The van der Waals surface area contributed by atoms with Crippen LogP contribution in [0.25, 0.3) is 0 Å². The van der Waals surface area contributed by atoms with Crippen LogP contribution in [0.4, 0.5) is 0 Å². The van der Waals surface area contributed by atoms with Gasteiger partial charge in [0.2, 0.25) is 0 Å². The third kappa shape index (κ3) is 1.90. The van der Waals surface area contributed by atoms with Gasteiger partial charge in [-0.1, -0.05) is 42.0 Å². The number of Topliss-reactive ketones (excluding diaryl/α,β-unsaturated/α-hetero) is 1. The number of ether oxygens (including phenoxy) is 1. The topological polar surface area (TPSA) is 26.3 Å². The van der Waals surface area contributed by atoms with E-state index < -0.39 is 0 Å². The van der Waals surface area contributed by atoms with E-state index in [4.69, 9.17) is 4.74 Å². The lowest BCUT2D eigenvalue weighted by atomic mass is 9.95. The monoisotopic (exact) mass is 238 g/mol. The molecule has 0 aromatic heterocycles. The number of ketones is 1. The Balaban J connectivity index is 1.97. The van der Waals surface area contributed by atoms with Crippen molar-refractivity contribution in [1.29, 1.82) is 0 Å². The molecule has 18 heavy (non-hydrogen) atoms. The number of rotatable bonds is 1. The van der Waals surface area contributed by atoms with E-state index in [1.54, 1.807) is 0 Å². The maximum atomic E-state index is 12.1. The second-order valence-electron chi connectivity index (χ2n) is 4.64. The predicted molar refractivity (Wildman–Crippen MR) is 69.9 cm³/mol. The minimum atomic E-state index is -0.158. The van der Waals surface area contributed by atoms with Crippen LogP contribution in [-0.2, 0) is 0 Å². The summed E-state index contributed by atoms with van der Waals surface area (Å²) < 4.78 is 5.92. The maximum Gasteiger partial charge on any atom is 0.170 e. The van der Waals surface area contributed by atoms with Crippen molar-refractivity contribution in [1.82, 2.24) is 0 Å². The highest BCUT2D eigenvalue weighted by molar-refractivity contribution is 6.00. The molecule has 90 valence electrons. The molecule has 0 saturated carbocycles. The summed E-state index contributed by atoms with van der Waals surface area (Å²) >= 11 is 0. The second kappa shape index (κ2) is 4.30. The zero-order valence-corrected chi connectivity index (χ0v) is 10.2. The van der Waals surface area contributed by atoms with Crippen molar-refractivity contribution >= 4 is 5.78 Å². The Bertz CT molecular complexity index is 587. The SMILES string of the molecule is Cc1ccc2c(c1)C(=O)C[C@H](c1ccccc1)O2. The summed E-state index contributed by atoms with van der Waals surface area (Å²) in [4.78, 5) is 12.1. The second-order valence-corrected chi connectivity index (χ2v) is 4.64. The molecule has 0 fully saturated rings. The third-order valence-corrected chi connectivity index (χ3v) is 3.25. The molecule has 0 saturated heterocycles. The van der Waals surface area contributed by atoms with Crippen molar-refractivity contribution in [2.24, 2.45) is 0 Å². The van der Waals surface area contributed by atoms with Gasteiger partial charge in [-0.15, -0.1) is 0 Å². The van der Waals surface area contributed by atoms with E-state index in [2.05, 4.69) is 0 Å². The summed E-state index contributed by atoms with van der Waals surface area (Å²) in [7, 11) is 0. The number of fused-ring (bicyclic) bond motifs is 1. The van der Waals surface area contributed by atoms with E-state index in [1.165, 1.54) is 0 Å². The lowest BCUT2D eigenvalue weighted by Gasteiger charge is -2.25. The average Bonchev–Trinajstić information content (AvgIpc) is 2.40. The molecule has 0 radical (unpaired) electrons. The van der Waals surface area contributed by atoms with Gasteiger partial charge in [0.1, 0.15) is 11.9 Å². The van der Waals surface area contributed by atoms with Gasteiger partial charge in [-0.25, -0.2) is 0 Å². The van der Waals surface area contributed by atoms with Gasteiger partial charge >= 0.3 is 0 Å². The average molecular weight is 238 g/mol. The molecule has 2 aromatic carbocycles. The van der Waals surface area contributed by atoms with Crippen LogP contribution in [0.2, 0.25) is 0 Å². The van der Waals surface area contributed by atoms with Gasteiger partial charge in [-0.05, 0) is 24.6 Å². The Morgan fingerprint density at radius 3 is 2.67 bits per heavy atom. The van der Waals surface area contributed by atoms with Gasteiger partial charge in [0.15, 0.2) is 5.78 Å². The fourth-order valence-corrected chi connectivity index (χ4v) is 2.29. The normalized spacial score (nSPS) is 18.1. The molecule has 2 aromatic rings. The van der Waals surface area contributed by atoms with Crippen molar-refractivity contribution in [3.8, 4) is 5.75 Å². The van der Waals surface area contributed by atoms with E-state index in [1.807, 2.05) is 55.5 Å². The van der Waals surface area contributed by atoms with Gasteiger partial charge in [0, 0.05) is 0 Å². The number of carbonyl (C=O) groups is 1. The first-order chi connectivity index (χ1) is 8.74. The largest absolute Gasteiger partial charge is 0.484 e. The maximum absolute atomic E-state index is 12.1. The first-order valence-corrected chi connectivity index (χ1v) is 6.09. The fourth-order valence-electron chi connectivity index (χ4n) is 2.29. The molecule has 0 aliphatic carbocycles. The number of aryl methyl sites for hydroxylation is 1. The summed E-state index contributed by atoms with van der Waals surface area (Å²) in [6, 6.07) is 15.7. The zero-order chi connectivity index (χ0) is 12.5. The minimum Gasteiger partial charge on any atom is -0.484 e. The van der Waals surface area contributed by atoms with Crippen LogP contribution in [0.3, 0.4) is 0 Å². The molecule has 1 heterocycles. The Morgan fingerprint density at radius 1 is 1.11 bits per heavy atom. The molecule has 0 bridgehead atoms. The smallest absolute Gasteiger partial charge is 0.170 e. The first kappa shape index (κ1) is 11.0. The summed E-state index contributed by atoms with van der Waals surface area (Å²) in [6.45, 7) is 1.98. The van der Waals surface area contributed by atoms with Crippen LogP contribution in [0.5, 0.6) is 5.75 Å². The molecule has 3 rings (SSSR count). The summed E-state index contributed by atoms with van der Waals surface area (Å²) in [5.74, 6) is 0.861. The summed E-state index contributed by atoms with van der Waals surface area (Å²) in [5.41, 5.74) is 2.85. The number of hydrogen-bond donors (Lipinski definition) is 0. The van der Waals surface area contributed by atoms with Crippen LogP contribution in [0, 0.1) is 6.92 Å². The highest BCUT2D eigenvalue weighted by Crippen LogP contribution is 2.35. The standard InChI is InChI=1S/C16H14O2/c1-11-7-8-15-13(9-11)14(17)10-16(18-15)12-5-3-2-4-6-12/h2-9,16H,10H2,1H3/t16-/m1/s1. The quantitative estimate of drug-likeness (QED) is 0.757. The Kier molecular flexibility index (Phi) is 2.63. The van der Waals surface area contributed by atoms with Crippen LogP contribution >= 0.6 is 0 Å². The molecule has 2 heteroatoms. The van der Waals surface area contributed by atoms with E-state index >= 15 is 0 Å². The van der Waals surface area contributed by atoms with E-state index in [9.17, 15) is 4.79 Å². The van der Waals surface area contributed by atoms with Gasteiger partial charge in [0.05, 0.1) is 12.0 Å². The number of carbonyl (C=O) groups excluding carboxylic acids is 1. The third-order valence-electron chi connectivity index (χ3n) is 3.25. The van der Waals surface area contributed by atoms with Crippen molar-refractivity contribution in [3.05, 3.63) is 65.2 Å². The molecule has 1 aliphatic heterocycles. The molecule has 0 unspecified atom stereocenters. The van der Waals surface area contributed by atoms with Crippen molar-refractivity contribution in [3.63, 3.8) is 0 Å². The van der Waals surface area contributed by atoms with Gasteiger partial charge in [0.25, 0.3) is 0 Å². The van der Waals surface area contributed by atoms with E-state index in [0.717, 1.165) is 11.1 Å². The molecule has 1 aliphatic rings. The number of benzene rings is 2. The Morgan fingerprint density at radius 2 is 1.89 bits per heavy atom. The highest BCUT2D eigenvalue weighted by Gasteiger charge is 2.27. The van der Waals surface area contributed by atoms with Crippen LogP contribution in [0.1, 0.15) is 34.0 Å². The minimum absolute atomic E-state index is 0.158. The fraction of sp³-hybridized carbons (Fsp3) is 0.188. The predicted octanol–water partition coefficient (Wildman–Crippen LogP) is 3.70. The van der Waals surface area contributed by atoms with E-state index in [0.29, 0.717) is 17.7 Å². The van der Waals surface area contributed by atoms with E-state index in [-0.39, 0.29) is 11.9 Å². The van der Waals surface area contributed by atoms with Crippen LogP contribution in [0.15, 0.2) is 48.5 Å². The lowest BCUT2D eigenvalue weighted by Crippen LogP contribution is -2.20. The number of hydrogen-bond acceptors (Lipinski definition) is 2. The van der Waals surface area contributed by atoms with Crippen molar-refractivity contribution in [2.45, 2.75) is 19.4 Å². The molecule has 0 spiro atoms. The van der Waals surface area contributed by atoms with Crippen molar-refractivity contribution in [2.75, 3.05) is 0 Å². The summed E-state index contributed by atoms with van der Waals surface area (Å²) in [5, 5.41) is 0. The molecular weight excluding hydrogens is 224 g/mol. The van der Waals surface area contributed by atoms with Crippen LogP contribution < -0.4 is 4.74 Å². The van der Waals surface area contributed by atoms with Crippen molar-refractivity contribution < 1.29 is 9.53 Å². The summed E-state index contributed by atoms with van der Waals surface area (Å²) in [6.07, 6.45) is 0.259. The van der Waals surface area contributed by atoms with Gasteiger partial charge in [-0.3, -0.25) is 4.79 Å². The molecule has 2 nitrogen and oxygen atoms in total. The van der Waals surface area contributed by atoms with Gasteiger partial charge in [-0.2, -0.15) is 0 Å². The molecular formula is C16H14O2. The molecule has 1 atom stereocenters. The van der Waals surface area contributed by atoms with Gasteiger partial charge < -0.3 is 4.74 Å². The first-order valence-electron chi connectivity index (χ1n) is 6.09. The molecule has 0 N–H and O–H groups in total. The zero-order valence-electron chi connectivity index (χ0n) is 10.2. The Labute approximate surface area is 106 Å². The highest BCUT2D eigenvalue weighted by atomic mass is 16.5. The lowest BCUT2D eigenvalue weighted by molar-refractivity contribution is 0.0850. The van der Waals surface area contributed by atoms with Crippen LogP contribution in [-0.4, -0.2) is 5.78 Å².